The summed E-state index contributed by atoms with van der Waals surface area (Å²) in [6, 6.07) is 18.0. The third-order valence-electron chi connectivity index (χ3n) is 6.44. The van der Waals surface area contributed by atoms with Gasteiger partial charge in [0.05, 0.1) is 0 Å². The fourth-order valence-corrected chi connectivity index (χ4v) is 4.66. The van der Waals surface area contributed by atoms with Gasteiger partial charge in [-0.3, -0.25) is 0 Å². The van der Waals surface area contributed by atoms with Gasteiger partial charge < -0.3 is 5.32 Å². The molecule has 0 spiro atoms. The molecule has 29 heavy (non-hydrogen) atoms. The van der Waals surface area contributed by atoms with Crippen LogP contribution in [-0.4, -0.2) is 14.8 Å². The highest BCUT2D eigenvalue weighted by atomic mass is 15.4. The van der Waals surface area contributed by atoms with Gasteiger partial charge in [-0.25, -0.2) is 4.68 Å². The summed E-state index contributed by atoms with van der Waals surface area (Å²) in [5.74, 6) is 1.53. The third-order valence-corrected chi connectivity index (χ3v) is 6.44. The highest BCUT2D eigenvalue weighted by Gasteiger charge is 2.23. The second kappa shape index (κ2) is 7.86. The predicted octanol–water partition coefficient (Wildman–Crippen LogP) is 5.94. The van der Waals surface area contributed by atoms with Crippen molar-refractivity contribution in [2.24, 2.45) is 0 Å². The largest absolute Gasteiger partial charge is 0.324 e. The Kier molecular flexibility index (Phi) is 4.92. The van der Waals surface area contributed by atoms with E-state index in [9.17, 15) is 0 Å². The van der Waals surface area contributed by atoms with E-state index in [-0.39, 0.29) is 6.04 Å². The molecule has 0 amide bonds. The van der Waals surface area contributed by atoms with E-state index in [1.54, 1.807) is 6.33 Å². The number of hydrogen-bond acceptors (Lipinski definition) is 3. The Hall–Kier alpha value is -2.88. The lowest BCUT2D eigenvalue weighted by Gasteiger charge is -2.25. The van der Waals surface area contributed by atoms with Gasteiger partial charge in [-0.05, 0) is 53.5 Å². The van der Waals surface area contributed by atoms with Crippen LogP contribution in [0.25, 0.3) is 5.70 Å². The van der Waals surface area contributed by atoms with Crippen LogP contribution in [0.5, 0.6) is 0 Å². The van der Waals surface area contributed by atoms with Crippen molar-refractivity contribution in [2.45, 2.75) is 57.4 Å². The lowest BCUT2D eigenvalue weighted by atomic mass is 9.84. The van der Waals surface area contributed by atoms with Gasteiger partial charge in [0.25, 0.3) is 0 Å². The van der Waals surface area contributed by atoms with E-state index in [1.807, 2.05) is 4.68 Å². The monoisotopic (exact) mass is 384 g/mol. The smallest absolute Gasteiger partial charge is 0.226 e. The van der Waals surface area contributed by atoms with Gasteiger partial charge >= 0.3 is 0 Å². The molecule has 1 unspecified atom stereocenters. The molecule has 1 N–H and O–H groups in total. The van der Waals surface area contributed by atoms with Crippen molar-refractivity contribution in [3.8, 4) is 0 Å². The number of allylic oxidation sites excluding steroid dienone is 1. The van der Waals surface area contributed by atoms with E-state index in [4.69, 9.17) is 0 Å². The molecule has 4 nitrogen and oxygen atoms in total. The van der Waals surface area contributed by atoms with Crippen LogP contribution in [0.2, 0.25) is 0 Å². The molecule has 2 aromatic carbocycles. The molecule has 5 rings (SSSR count). The Bertz CT molecular complexity index is 992. The van der Waals surface area contributed by atoms with Crippen LogP contribution in [0.15, 0.2) is 60.9 Å². The first kappa shape index (κ1) is 18.2. The van der Waals surface area contributed by atoms with E-state index in [0.29, 0.717) is 0 Å². The SMILES string of the molecule is CCc1ccc(C2C=C(c3ccc(C4CCCCC4)cc3)Nc3ncnn32)cc1. The van der Waals surface area contributed by atoms with Crippen LogP contribution in [0.1, 0.15) is 73.2 Å². The first-order valence-corrected chi connectivity index (χ1v) is 10.9. The van der Waals surface area contributed by atoms with Crippen molar-refractivity contribution in [3.63, 3.8) is 0 Å². The van der Waals surface area contributed by atoms with Gasteiger partial charge in [-0.1, -0.05) is 74.7 Å². The standard InChI is InChI=1S/C25H28N4/c1-2-18-8-10-22(11-9-18)24-16-23(28-25-26-17-27-29(24)25)21-14-12-20(13-15-21)19-6-4-3-5-7-19/h8-17,19,24H,2-7H2,1H3,(H,26,27,28). The van der Waals surface area contributed by atoms with Crippen LogP contribution in [0.4, 0.5) is 5.95 Å². The summed E-state index contributed by atoms with van der Waals surface area (Å²) >= 11 is 0. The lowest BCUT2D eigenvalue weighted by Crippen LogP contribution is -2.20. The molecule has 148 valence electrons. The number of aryl methyl sites for hydroxylation is 1. The number of hydrogen-bond donors (Lipinski definition) is 1. The maximum absolute atomic E-state index is 4.46. The Morgan fingerprint density at radius 1 is 0.931 bits per heavy atom. The minimum absolute atomic E-state index is 0.0488. The molecule has 3 aromatic rings. The first-order chi connectivity index (χ1) is 14.3. The molecule has 1 saturated carbocycles. The normalized spacial score (nSPS) is 19.3. The fraction of sp³-hybridized carbons (Fsp3) is 0.360. The van der Waals surface area contributed by atoms with Crippen molar-refractivity contribution < 1.29 is 0 Å². The highest BCUT2D eigenvalue weighted by molar-refractivity contribution is 5.77. The summed E-state index contributed by atoms with van der Waals surface area (Å²) in [5.41, 5.74) is 6.37. The van der Waals surface area contributed by atoms with Crippen LogP contribution in [0, 0.1) is 0 Å². The maximum Gasteiger partial charge on any atom is 0.226 e. The second-order valence-corrected chi connectivity index (χ2v) is 8.23. The molecular weight excluding hydrogens is 356 g/mol. The van der Waals surface area contributed by atoms with Gasteiger partial charge in [-0.15, -0.1) is 0 Å². The maximum atomic E-state index is 4.46. The van der Waals surface area contributed by atoms with Crippen molar-refractivity contribution in [1.29, 1.82) is 0 Å². The van der Waals surface area contributed by atoms with Crippen LogP contribution >= 0.6 is 0 Å². The van der Waals surface area contributed by atoms with Gasteiger partial charge in [0.2, 0.25) is 5.95 Å². The van der Waals surface area contributed by atoms with E-state index < -0.39 is 0 Å². The number of aromatic nitrogens is 3. The quantitative estimate of drug-likeness (QED) is 0.605. The molecule has 1 aliphatic heterocycles. The minimum atomic E-state index is 0.0488. The molecule has 1 fully saturated rings. The topological polar surface area (TPSA) is 42.7 Å². The van der Waals surface area contributed by atoms with Crippen molar-refractivity contribution >= 4 is 11.6 Å². The van der Waals surface area contributed by atoms with Crippen LogP contribution in [-0.2, 0) is 6.42 Å². The summed E-state index contributed by atoms with van der Waals surface area (Å²) in [4.78, 5) is 4.43. The number of nitrogens with one attached hydrogen (secondary N) is 1. The molecule has 0 saturated heterocycles. The Morgan fingerprint density at radius 2 is 1.66 bits per heavy atom. The molecule has 1 aromatic heterocycles. The molecule has 2 heterocycles. The zero-order valence-corrected chi connectivity index (χ0v) is 17.0. The number of fused-ring (bicyclic) bond motifs is 1. The van der Waals surface area contributed by atoms with E-state index in [1.165, 1.54) is 54.4 Å². The molecule has 0 bridgehead atoms. The number of anilines is 1. The third kappa shape index (κ3) is 3.59. The van der Waals surface area contributed by atoms with Gasteiger partial charge in [0, 0.05) is 5.70 Å². The van der Waals surface area contributed by atoms with Gasteiger partial charge in [0.1, 0.15) is 12.4 Å². The zero-order chi connectivity index (χ0) is 19.6. The summed E-state index contributed by atoms with van der Waals surface area (Å²) < 4.78 is 1.96. The molecule has 2 aliphatic rings. The molecule has 1 aliphatic carbocycles. The number of nitrogens with zero attached hydrogens (tertiary/aromatic N) is 3. The van der Waals surface area contributed by atoms with E-state index >= 15 is 0 Å². The lowest BCUT2D eigenvalue weighted by molar-refractivity contribution is 0.443. The molecular formula is C25H28N4. The number of rotatable bonds is 4. The van der Waals surface area contributed by atoms with Crippen molar-refractivity contribution in [3.05, 3.63) is 83.2 Å². The molecule has 1 atom stereocenters. The number of benzene rings is 2. The highest BCUT2D eigenvalue weighted by Crippen LogP contribution is 2.35. The predicted molar refractivity (Wildman–Crippen MR) is 118 cm³/mol. The fourth-order valence-electron chi connectivity index (χ4n) is 4.66. The Balaban J connectivity index is 1.45. The first-order valence-electron chi connectivity index (χ1n) is 10.9. The average molecular weight is 385 g/mol. The van der Waals surface area contributed by atoms with Crippen LogP contribution in [0.3, 0.4) is 0 Å². The minimum Gasteiger partial charge on any atom is -0.324 e. The van der Waals surface area contributed by atoms with Gasteiger partial charge in [0.15, 0.2) is 0 Å². The van der Waals surface area contributed by atoms with Gasteiger partial charge in [-0.2, -0.15) is 10.1 Å². The van der Waals surface area contributed by atoms with E-state index in [2.05, 4.69) is 76.9 Å². The average Bonchev–Trinajstić information content (AvgIpc) is 3.28. The second-order valence-electron chi connectivity index (χ2n) is 8.23. The molecule has 4 heteroatoms. The summed E-state index contributed by atoms with van der Waals surface area (Å²) in [6.07, 6.45) is 11.7. The summed E-state index contributed by atoms with van der Waals surface area (Å²) in [6.45, 7) is 2.18. The van der Waals surface area contributed by atoms with Crippen molar-refractivity contribution in [2.75, 3.05) is 5.32 Å². The summed E-state index contributed by atoms with van der Waals surface area (Å²) in [5, 5.41) is 7.92. The van der Waals surface area contributed by atoms with Crippen LogP contribution < -0.4 is 5.32 Å². The van der Waals surface area contributed by atoms with E-state index in [0.717, 1.165) is 24.0 Å². The molecule has 0 radical (unpaired) electrons. The Labute approximate surface area is 172 Å². The summed E-state index contributed by atoms with van der Waals surface area (Å²) in [7, 11) is 0. The van der Waals surface area contributed by atoms with Crippen molar-refractivity contribution in [1.82, 2.24) is 14.8 Å². The Morgan fingerprint density at radius 3 is 2.38 bits per heavy atom. The zero-order valence-electron chi connectivity index (χ0n) is 17.0.